The quantitative estimate of drug-likeness (QED) is 0.782. The van der Waals surface area contributed by atoms with E-state index in [0.717, 1.165) is 24.0 Å². The first-order valence-corrected chi connectivity index (χ1v) is 8.89. The van der Waals surface area contributed by atoms with Gasteiger partial charge in [-0.1, -0.05) is 6.92 Å². The van der Waals surface area contributed by atoms with Gasteiger partial charge in [-0.2, -0.15) is 0 Å². The lowest BCUT2D eigenvalue weighted by atomic mass is 10.0. The second-order valence-electron chi connectivity index (χ2n) is 7.55. The summed E-state index contributed by atoms with van der Waals surface area (Å²) in [5.41, 5.74) is 0. The van der Waals surface area contributed by atoms with Gasteiger partial charge in [-0.15, -0.1) is 0 Å². The fourth-order valence-electron chi connectivity index (χ4n) is 4.57. The molecule has 0 aromatic heterocycles. The van der Waals surface area contributed by atoms with E-state index in [1.54, 1.807) is 0 Å². The first-order chi connectivity index (χ1) is 9.67. The van der Waals surface area contributed by atoms with Crippen molar-refractivity contribution in [3.8, 4) is 0 Å². The van der Waals surface area contributed by atoms with E-state index in [-0.39, 0.29) is 0 Å². The highest BCUT2D eigenvalue weighted by atomic mass is 15.3. The van der Waals surface area contributed by atoms with E-state index in [9.17, 15) is 0 Å². The van der Waals surface area contributed by atoms with Gasteiger partial charge in [0, 0.05) is 44.3 Å². The Hall–Kier alpha value is -0.120. The minimum atomic E-state index is 0.730. The number of hydrogen-bond donors (Lipinski definition) is 0. The van der Waals surface area contributed by atoms with Crippen molar-refractivity contribution in [2.75, 3.05) is 39.3 Å². The molecule has 0 aliphatic carbocycles. The van der Waals surface area contributed by atoms with Crippen molar-refractivity contribution in [1.29, 1.82) is 0 Å². The van der Waals surface area contributed by atoms with Crippen LogP contribution in [0.4, 0.5) is 0 Å². The molecule has 3 aliphatic rings. The molecule has 0 bridgehead atoms. The van der Waals surface area contributed by atoms with Crippen LogP contribution in [-0.2, 0) is 0 Å². The third-order valence-electron chi connectivity index (χ3n) is 5.92. The van der Waals surface area contributed by atoms with Gasteiger partial charge in [-0.3, -0.25) is 9.80 Å². The van der Waals surface area contributed by atoms with Crippen LogP contribution in [0.2, 0.25) is 0 Å². The predicted octanol–water partition coefficient (Wildman–Crippen LogP) is 2.28. The standard InChI is InChI=1S/C17H33N3/c1-4-16-12-19-8-5-6-17(19)13-20(16)11-15-7-9-18(10-15)14(2)3/h14-17H,4-13H2,1-3H3. The van der Waals surface area contributed by atoms with Gasteiger partial charge >= 0.3 is 0 Å². The van der Waals surface area contributed by atoms with Gasteiger partial charge in [0.05, 0.1) is 0 Å². The van der Waals surface area contributed by atoms with Gasteiger partial charge in [0.1, 0.15) is 0 Å². The van der Waals surface area contributed by atoms with Crippen molar-refractivity contribution in [2.45, 2.75) is 64.6 Å². The maximum Gasteiger partial charge on any atom is 0.0224 e. The average Bonchev–Trinajstić information content (AvgIpc) is 3.06. The van der Waals surface area contributed by atoms with Crippen LogP contribution in [0.15, 0.2) is 0 Å². The van der Waals surface area contributed by atoms with E-state index < -0.39 is 0 Å². The Morgan fingerprint density at radius 2 is 1.90 bits per heavy atom. The number of fused-ring (bicyclic) bond motifs is 1. The Morgan fingerprint density at radius 1 is 1.05 bits per heavy atom. The molecule has 3 aliphatic heterocycles. The van der Waals surface area contributed by atoms with Crippen molar-refractivity contribution in [2.24, 2.45) is 5.92 Å². The van der Waals surface area contributed by atoms with Gasteiger partial charge < -0.3 is 4.90 Å². The maximum atomic E-state index is 2.85. The van der Waals surface area contributed by atoms with Crippen molar-refractivity contribution >= 4 is 0 Å². The minimum Gasteiger partial charge on any atom is -0.301 e. The summed E-state index contributed by atoms with van der Waals surface area (Å²) < 4.78 is 0. The van der Waals surface area contributed by atoms with Crippen LogP contribution in [0.3, 0.4) is 0 Å². The van der Waals surface area contributed by atoms with Crippen LogP contribution in [0.25, 0.3) is 0 Å². The molecule has 3 fully saturated rings. The Bertz CT molecular complexity index is 317. The fourth-order valence-corrected chi connectivity index (χ4v) is 4.57. The van der Waals surface area contributed by atoms with Gasteiger partial charge in [0.25, 0.3) is 0 Å². The smallest absolute Gasteiger partial charge is 0.0224 e. The molecule has 0 aromatic rings. The molecular weight excluding hydrogens is 246 g/mol. The summed E-state index contributed by atoms with van der Waals surface area (Å²) in [4.78, 5) is 8.28. The number of nitrogens with zero attached hydrogens (tertiary/aromatic N) is 3. The second-order valence-corrected chi connectivity index (χ2v) is 7.55. The Labute approximate surface area is 125 Å². The Balaban J connectivity index is 1.55. The first kappa shape index (κ1) is 14.8. The van der Waals surface area contributed by atoms with E-state index in [0.29, 0.717) is 0 Å². The summed E-state index contributed by atoms with van der Waals surface area (Å²) in [6.07, 6.45) is 5.61. The molecule has 3 nitrogen and oxygen atoms in total. The van der Waals surface area contributed by atoms with E-state index in [4.69, 9.17) is 0 Å². The number of rotatable bonds is 4. The van der Waals surface area contributed by atoms with Crippen LogP contribution in [0.1, 0.15) is 46.5 Å². The van der Waals surface area contributed by atoms with Crippen LogP contribution < -0.4 is 0 Å². The Morgan fingerprint density at radius 3 is 2.60 bits per heavy atom. The second kappa shape index (κ2) is 6.33. The SMILES string of the molecule is CCC1CN2CCCC2CN1CC1CCN(C(C)C)C1. The summed E-state index contributed by atoms with van der Waals surface area (Å²) in [6, 6.07) is 2.42. The lowest BCUT2D eigenvalue weighted by Crippen LogP contribution is -2.56. The molecular formula is C17H33N3. The Kier molecular flexibility index (Phi) is 4.68. The molecule has 0 N–H and O–H groups in total. The van der Waals surface area contributed by atoms with Gasteiger partial charge in [0.2, 0.25) is 0 Å². The number of hydrogen-bond acceptors (Lipinski definition) is 3. The summed E-state index contributed by atoms with van der Waals surface area (Å²) >= 11 is 0. The molecule has 116 valence electrons. The first-order valence-electron chi connectivity index (χ1n) is 8.89. The zero-order valence-corrected chi connectivity index (χ0v) is 13.7. The molecule has 3 rings (SSSR count). The summed E-state index contributed by atoms with van der Waals surface area (Å²) in [7, 11) is 0. The molecule has 3 atom stereocenters. The molecule has 0 radical (unpaired) electrons. The lowest BCUT2D eigenvalue weighted by Gasteiger charge is -2.44. The predicted molar refractivity (Wildman–Crippen MR) is 85.1 cm³/mol. The van der Waals surface area contributed by atoms with Gasteiger partial charge in [-0.05, 0) is 58.5 Å². The lowest BCUT2D eigenvalue weighted by molar-refractivity contribution is 0.0386. The van der Waals surface area contributed by atoms with Crippen molar-refractivity contribution in [3.63, 3.8) is 0 Å². The van der Waals surface area contributed by atoms with E-state index in [1.807, 2.05) is 0 Å². The summed E-state index contributed by atoms with van der Waals surface area (Å²) in [5, 5.41) is 0. The van der Waals surface area contributed by atoms with Crippen molar-refractivity contribution in [1.82, 2.24) is 14.7 Å². The fraction of sp³-hybridized carbons (Fsp3) is 1.00. The normalized spacial score (nSPS) is 36.9. The number of likely N-dealkylation sites (tertiary alicyclic amines) is 1. The third kappa shape index (κ3) is 3.05. The zero-order valence-electron chi connectivity index (χ0n) is 13.7. The molecule has 0 aromatic carbocycles. The highest BCUT2D eigenvalue weighted by Gasteiger charge is 2.37. The third-order valence-corrected chi connectivity index (χ3v) is 5.92. The number of piperazine rings is 1. The molecule has 3 saturated heterocycles. The largest absolute Gasteiger partial charge is 0.301 e. The summed E-state index contributed by atoms with van der Waals surface area (Å²) in [6.45, 7) is 15.1. The topological polar surface area (TPSA) is 9.72 Å². The monoisotopic (exact) mass is 279 g/mol. The van der Waals surface area contributed by atoms with E-state index in [2.05, 4.69) is 35.5 Å². The molecule has 3 unspecified atom stereocenters. The van der Waals surface area contributed by atoms with Crippen LogP contribution in [-0.4, -0.2) is 72.1 Å². The highest BCUT2D eigenvalue weighted by Crippen LogP contribution is 2.28. The zero-order chi connectivity index (χ0) is 14.1. The maximum absolute atomic E-state index is 2.85. The van der Waals surface area contributed by atoms with Crippen molar-refractivity contribution in [3.05, 3.63) is 0 Å². The van der Waals surface area contributed by atoms with E-state index in [1.165, 1.54) is 65.0 Å². The highest BCUT2D eigenvalue weighted by molar-refractivity contribution is 4.93. The molecule has 3 heterocycles. The van der Waals surface area contributed by atoms with Crippen LogP contribution in [0, 0.1) is 5.92 Å². The molecule has 0 saturated carbocycles. The van der Waals surface area contributed by atoms with E-state index >= 15 is 0 Å². The molecule has 20 heavy (non-hydrogen) atoms. The molecule has 0 spiro atoms. The summed E-state index contributed by atoms with van der Waals surface area (Å²) in [5.74, 6) is 0.916. The van der Waals surface area contributed by atoms with Crippen LogP contribution >= 0.6 is 0 Å². The van der Waals surface area contributed by atoms with Crippen LogP contribution in [0.5, 0.6) is 0 Å². The van der Waals surface area contributed by atoms with Crippen molar-refractivity contribution < 1.29 is 0 Å². The molecule has 0 amide bonds. The van der Waals surface area contributed by atoms with Gasteiger partial charge in [0.15, 0.2) is 0 Å². The van der Waals surface area contributed by atoms with Gasteiger partial charge in [-0.25, -0.2) is 0 Å². The minimum absolute atomic E-state index is 0.730. The molecule has 3 heteroatoms. The average molecular weight is 279 g/mol.